The summed E-state index contributed by atoms with van der Waals surface area (Å²) in [4.78, 5) is 14.1. The molecule has 0 fully saturated rings. The van der Waals surface area contributed by atoms with Gasteiger partial charge in [-0.1, -0.05) is 19.6 Å². The fraction of sp³-hybridized carbons (Fsp3) is 0.353. The lowest BCUT2D eigenvalue weighted by molar-refractivity contribution is 0.135. The van der Waals surface area contributed by atoms with Crippen molar-refractivity contribution >= 4 is 40.5 Å². The van der Waals surface area contributed by atoms with Crippen molar-refractivity contribution in [1.29, 1.82) is 0 Å². The van der Waals surface area contributed by atoms with E-state index in [-0.39, 0.29) is 0 Å². The number of methoxy groups -OCH3 is 2. The lowest BCUT2D eigenvalue weighted by Crippen LogP contribution is -2.41. The van der Waals surface area contributed by atoms with Gasteiger partial charge >= 0.3 is 0 Å². The van der Waals surface area contributed by atoms with Crippen molar-refractivity contribution < 1.29 is 9.47 Å². The lowest BCUT2D eigenvalue weighted by Gasteiger charge is -2.15. The van der Waals surface area contributed by atoms with Gasteiger partial charge in [-0.2, -0.15) is 0 Å². The van der Waals surface area contributed by atoms with E-state index in [0.717, 1.165) is 33.6 Å². The van der Waals surface area contributed by atoms with Crippen LogP contribution >= 0.6 is 15.9 Å². The number of benzene rings is 1. The number of nitrogens with zero attached hydrogens (tertiary/aromatic N) is 4. The predicted octanol–water partition coefficient (Wildman–Crippen LogP) is 3.41. The molecular formula is C17H21BrN4O2Si. The molecule has 132 valence electrons. The van der Waals surface area contributed by atoms with Gasteiger partial charge in [0.1, 0.15) is 31.9 Å². The molecule has 6 nitrogen and oxygen atoms in total. The Balaban J connectivity index is 2.29. The molecule has 3 rings (SSSR count). The van der Waals surface area contributed by atoms with E-state index in [1.54, 1.807) is 14.2 Å². The minimum absolute atomic E-state index is 0.368. The van der Waals surface area contributed by atoms with E-state index in [1.165, 1.54) is 0 Å². The second-order valence-electron chi connectivity index (χ2n) is 6.77. The number of ether oxygens (including phenoxy) is 2. The number of halogens is 1. The van der Waals surface area contributed by atoms with Crippen LogP contribution in [0.4, 0.5) is 0 Å². The van der Waals surface area contributed by atoms with Gasteiger partial charge in [0.25, 0.3) is 0 Å². The van der Waals surface area contributed by atoms with E-state index < -0.39 is 8.07 Å². The summed E-state index contributed by atoms with van der Waals surface area (Å²) in [5, 5.41) is 1.04. The van der Waals surface area contributed by atoms with E-state index in [4.69, 9.17) is 14.5 Å². The molecular weight excluding hydrogens is 400 g/mol. The zero-order valence-corrected chi connectivity index (χ0v) is 17.6. The van der Waals surface area contributed by atoms with Gasteiger partial charge in [0.05, 0.1) is 12.4 Å². The zero-order valence-electron chi connectivity index (χ0n) is 15.0. The Morgan fingerprint density at radius 2 is 1.72 bits per heavy atom. The van der Waals surface area contributed by atoms with Crippen LogP contribution in [0.1, 0.15) is 0 Å². The third kappa shape index (κ3) is 3.47. The molecule has 0 radical (unpaired) electrons. The summed E-state index contributed by atoms with van der Waals surface area (Å²) in [5.41, 5.74) is 2.62. The van der Waals surface area contributed by atoms with Crippen LogP contribution in [-0.2, 0) is 11.5 Å². The maximum Gasteiger partial charge on any atom is 0.198 e. The molecule has 8 heteroatoms. The van der Waals surface area contributed by atoms with Crippen molar-refractivity contribution in [3.63, 3.8) is 0 Å². The average molecular weight is 421 g/mol. The SMILES string of the molecule is COCn1c(-c2ccc(OC)cc2)nc2c([Si](C)(C)C)nc(Br)nc21. The molecule has 25 heavy (non-hydrogen) atoms. The van der Waals surface area contributed by atoms with E-state index in [1.807, 2.05) is 28.8 Å². The van der Waals surface area contributed by atoms with Gasteiger partial charge in [-0.3, -0.25) is 4.57 Å². The van der Waals surface area contributed by atoms with Gasteiger partial charge in [-0.25, -0.2) is 15.0 Å². The van der Waals surface area contributed by atoms with Crippen molar-refractivity contribution in [2.75, 3.05) is 14.2 Å². The molecule has 0 aliphatic heterocycles. The summed E-state index contributed by atoms with van der Waals surface area (Å²) in [6.45, 7) is 7.13. The number of fused-ring (bicyclic) bond motifs is 1. The molecule has 2 heterocycles. The molecule has 0 N–H and O–H groups in total. The molecule has 2 aromatic heterocycles. The third-order valence-electron chi connectivity index (χ3n) is 3.88. The van der Waals surface area contributed by atoms with Crippen molar-refractivity contribution in [3.8, 4) is 17.1 Å². The van der Waals surface area contributed by atoms with Crippen molar-refractivity contribution in [2.45, 2.75) is 26.4 Å². The van der Waals surface area contributed by atoms with E-state index in [2.05, 4.69) is 45.5 Å². The Labute approximate surface area is 156 Å². The first-order chi connectivity index (χ1) is 11.8. The summed E-state index contributed by atoms with van der Waals surface area (Å²) in [5.74, 6) is 1.62. The molecule has 0 aliphatic carbocycles. The van der Waals surface area contributed by atoms with E-state index in [9.17, 15) is 0 Å². The Kier molecular flexibility index (Phi) is 4.94. The van der Waals surface area contributed by atoms with Gasteiger partial charge < -0.3 is 9.47 Å². The molecule has 0 amide bonds. The van der Waals surface area contributed by atoms with E-state index >= 15 is 0 Å². The summed E-state index contributed by atoms with van der Waals surface area (Å²) in [6, 6.07) is 7.82. The van der Waals surface area contributed by atoms with Crippen molar-refractivity contribution in [3.05, 3.63) is 29.0 Å². The summed E-state index contributed by atoms with van der Waals surface area (Å²) < 4.78 is 13.2. The number of rotatable bonds is 5. The monoisotopic (exact) mass is 420 g/mol. The van der Waals surface area contributed by atoms with Crippen LogP contribution in [0.2, 0.25) is 19.6 Å². The van der Waals surface area contributed by atoms with Gasteiger partial charge in [0, 0.05) is 12.7 Å². The van der Waals surface area contributed by atoms with E-state index in [0.29, 0.717) is 11.5 Å². The molecule has 3 aromatic rings. The Morgan fingerprint density at radius 1 is 1.04 bits per heavy atom. The van der Waals surface area contributed by atoms with Gasteiger partial charge in [-0.15, -0.1) is 0 Å². The first kappa shape index (κ1) is 18.0. The second kappa shape index (κ2) is 6.85. The first-order valence-electron chi connectivity index (χ1n) is 7.92. The highest BCUT2D eigenvalue weighted by molar-refractivity contribution is 9.10. The van der Waals surface area contributed by atoms with Crippen molar-refractivity contribution in [1.82, 2.24) is 19.5 Å². The van der Waals surface area contributed by atoms with Crippen LogP contribution in [0.5, 0.6) is 5.75 Å². The maximum absolute atomic E-state index is 5.40. The van der Waals surface area contributed by atoms with Crippen LogP contribution in [-0.4, -0.2) is 41.8 Å². The van der Waals surface area contributed by atoms with Crippen LogP contribution in [0.15, 0.2) is 29.0 Å². The molecule has 0 saturated heterocycles. The average Bonchev–Trinajstić information content (AvgIpc) is 2.92. The number of hydrogen-bond donors (Lipinski definition) is 0. The highest BCUT2D eigenvalue weighted by Crippen LogP contribution is 2.26. The zero-order chi connectivity index (χ0) is 18.2. The summed E-state index contributed by atoms with van der Waals surface area (Å²) in [7, 11) is 1.63. The quantitative estimate of drug-likeness (QED) is 0.467. The van der Waals surface area contributed by atoms with Gasteiger partial charge in [-0.05, 0) is 40.2 Å². The first-order valence-corrected chi connectivity index (χ1v) is 12.2. The number of aromatic nitrogens is 4. The Hall–Kier alpha value is -1.77. The fourth-order valence-electron chi connectivity index (χ4n) is 2.71. The second-order valence-corrected chi connectivity index (χ2v) is 12.5. The Bertz CT molecular complexity index is 904. The van der Waals surface area contributed by atoms with Crippen LogP contribution in [0, 0.1) is 0 Å². The molecule has 1 aromatic carbocycles. The lowest BCUT2D eigenvalue weighted by atomic mass is 10.2. The molecule has 0 spiro atoms. The van der Waals surface area contributed by atoms with Crippen LogP contribution in [0.3, 0.4) is 0 Å². The largest absolute Gasteiger partial charge is 0.497 e. The molecule has 0 saturated carbocycles. The third-order valence-corrected chi connectivity index (χ3v) is 6.01. The highest BCUT2D eigenvalue weighted by Gasteiger charge is 2.27. The number of hydrogen-bond acceptors (Lipinski definition) is 5. The molecule has 0 aliphatic rings. The smallest absolute Gasteiger partial charge is 0.198 e. The minimum atomic E-state index is -1.70. The van der Waals surface area contributed by atoms with Crippen molar-refractivity contribution in [2.24, 2.45) is 0 Å². The Morgan fingerprint density at radius 3 is 2.28 bits per heavy atom. The van der Waals surface area contributed by atoms with Crippen LogP contribution in [0.25, 0.3) is 22.6 Å². The molecule has 0 atom stereocenters. The number of imidazole rings is 1. The predicted molar refractivity (Wildman–Crippen MR) is 105 cm³/mol. The van der Waals surface area contributed by atoms with Gasteiger partial charge in [0.2, 0.25) is 0 Å². The topological polar surface area (TPSA) is 62.1 Å². The molecule has 0 unspecified atom stereocenters. The molecule has 0 bridgehead atoms. The van der Waals surface area contributed by atoms with Crippen LogP contribution < -0.4 is 10.1 Å². The summed E-state index contributed by atoms with van der Waals surface area (Å²) >= 11 is 3.45. The standard InChI is InChI=1S/C17H21BrN4O2Si/c1-23-10-22-14(11-6-8-12(24-2)9-7-11)19-13-15(22)20-17(18)21-16(13)25(3,4)5/h6-9H,10H2,1-5H3. The summed E-state index contributed by atoms with van der Waals surface area (Å²) in [6.07, 6.45) is 0. The minimum Gasteiger partial charge on any atom is -0.497 e. The fourth-order valence-corrected chi connectivity index (χ4v) is 4.54. The van der Waals surface area contributed by atoms with Gasteiger partial charge in [0.15, 0.2) is 10.4 Å². The maximum atomic E-state index is 5.40. The normalized spacial score (nSPS) is 11.9. The highest BCUT2D eigenvalue weighted by atomic mass is 79.9.